The Labute approximate surface area is 93.2 Å². The van der Waals surface area contributed by atoms with Crippen LogP contribution < -0.4 is 0 Å². The van der Waals surface area contributed by atoms with Crippen molar-refractivity contribution >= 4 is 0 Å². The summed E-state index contributed by atoms with van der Waals surface area (Å²) in [5, 5.41) is 0. The Hall–Kier alpha value is -1.00. The molecule has 1 heterocycles. The zero-order valence-electron chi connectivity index (χ0n) is 8.86. The molecule has 0 amide bonds. The van der Waals surface area contributed by atoms with Crippen molar-refractivity contribution in [2.75, 3.05) is 13.2 Å². The van der Waals surface area contributed by atoms with Crippen molar-refractivity contribution in [1.82, 2.24) is 0 Å². The summed E-state index contributed by atoms with van der Waals surface area (Å²) in [4.78, 5) is 0. The van der Waals surface area contributed by atoms with Crippen LogP contribution in [0, 0.1) is 0 Å². The lowest BCUT2D eigenvalue weighted by molar-refractivity contribution is -0.103. The first kappa shape index (κ1) is 11.5. The average molecular weight is 228 g/mol. The van der Waals surface area contributed by atoms with Gasteiger partial charge < -0.3 is 9.47 Å². The Kier molecular flexibility index (Phi) is 3.51. The van der Waals surface area contributed by atoms with Crippen LogP contribution in [0.4, 0.5) is 8.78 Å². The summed E-state index contributed by atoms with van der Waals surface area (Å²) in [6.45, 7) is 0.408. The van der Waals surface area contributed by atoms with E-state index in [1.807, 2.05) is 30.3 Å². The second kappa shape index (κ2) is 4.89. The molecule has 0 saturated carbocycles. The minimum absolute atomic E-state index is 0.0537. The van der Waals surface area contributed by atoms with Crippen LogP contribution in [0.1, 0.15) is 12.0 Å². The van der Waals surface area contributed by atoms with Crippen molar-refractivity contribution in [1.29, 1.82) is 0 Å². The fourth-order valence-electron chi connectivity index (χ4n) is 1.65. The minimum atomic E-state index is -2.74. The molecular weight excluding hydrogens is 214 g/mol. The molecule has 1 atom stereocenters. The lowest BCUT2D eigenvalue weighted by Crippen LogP contribution is -2.32. The molecule has 0 radical (unpaired) electrons. The fraction of sp³-hybridized carbons (Fsp3) is 0.500. The number of ether oxygens (including phenoxy) is 2. The van der Waals surface area contributed by atoms with Gasteiger partial charge in [-0.15, -0.1) is 0 Å². The number of hydrogen-bond donors (Lipinski definition) is 0. The zero-order valence-corrected chi connectivity index (χ0v) is 8.86. The molecule has 2 rings (SSSR count). The van der Waals surface area contributed by atoms with Gasteiger partial charge in [-0.1, -0.05) is 30.3 Å². The Balaban J connectivity index is 1.76. The molecule has 1 saturated heterocycles. The van der Waals surface area contributed by atoms with E-state index in [1.165, 1.54) is 0 Å². The maximum Gasteiger partial charge on any atom is 0.278 e. The normalized spacial score (nSPS) is 23.5. The lowest BCUT2D eigenvalue weighted by Gasteiger charge is -2.17. The number of hydrogen-bond acceptors (Lipinski definition) is 2. The van der Waals surface area contributed by atoms with E-state index >= 15 is 0 Å². The second-order valence-electron chi connectivity index (χ2n) is 3.87. The molecule has 1 aliphatic rings. The van der Waals surface area contributed by atoms with E-state index in [2.05, 4.69) is 0 Å². The Bertz CT molecular complexity index is 327. The Morgan fingerprint density at radius 2 is 2.06 bits per heavy atom. The van der Waals surface area contributed by atoms with Crippen LogP contribution in [-0.2, 0) is 16.1 Å². The van der Waals surface area contributed by atoms with Crippen LogP contribution in [-0.4, -0.2) is 25.2 Å². The first-order valence-corrected chi connectivity index (χ1v) is 5.29. The van der Waals surface area contributed by atoms with E-state index in [9.17, 15) is 8.78 Å². The Morgan fingerprint density at radius 3 is 2.69 bits per heavy atom. The third kappa shape index (κ3) is 2.77. The molecule has 1 fully saturated rings. The maximum atomic E-state index is 13.1. The average Bonchev–Trinajstić information content (AvgIpc) is 2.60. The third-order valence-electron chi connectivity index (χ3n) is 2.61. The predicted molar refractivity (Wildman–Crippen MR) is 55.4 cm³/mol. The molecule has 1 aromatic carbocycles. The summed E-state index contributed by atoms with van der Waals surface area (Å²) < 4.78 is 36.4. The lowest BCUT2D eigenvalue weighted by atomic mass is 10.2. The molecule has 88 valence electrons. The van der Waals surface area contributed by atoms with Crippen LogP contribution >= 0.6 is 0 Å². The predicted octanol–water partition coefficient (Wildman–Crippen LogP) is 2.63. The highest BCUT2D eigenvalue weighted by molar-refractivity contribution is 5.13. The summed E-state index contributed by atoms with van der Waals surface area (Å²) in [5.74, 6) is -2.74. The van der Waals surface area contributed by atoms with Crippen molar-refractivity contribution in [2.45, 2.75) is 25.1 Å². The molecule has 0 spiro atoms. The number of alkyl halides is 2. The van der Waals surface area contributed by atoms with Gasteiger partial charge in [0.25, 0.3) is 5.92 Å². The van der Waals surface area contributed by atoms with E-state index in [1.54, 1.807) is 0 Å². The molecule has 16 heavy (non-hydrogen) atoms. The minimum Gasteiger partial charge on any atom is -0.374 e. The monoisotopic (exact) mass is 228 g/mol. The number of rotatable bonds is 4. The molecular formula is C12H14F2O2. The first-order valence-electron chi connectivity index (χ1n) is 5.29. The Morgan fingerprint density at radius 1 is 1.31 bits per heavy atom. The summed E-state index contributed by atoms with van der Waals surface area (Å²) in [7, 11) is 0. The van der Waals surface area contributed by atoms with Gasteiger partial charge in [0, 0.05) is 6.42 Å². The summed E-state index contributed by atoms with van der Waals surface area (Å²) in [5.41, 5.74) is 0.976. The van der Waals surface area contributed by atoms with Crippen molar-refractivity contribution in [3.05, 3.63) is 35.9 Å². The van der Waals surface area contributed by atoms with Gasteiger partial charge in [-0.3, -0.25) is 0 Å². The van der Waals surface area contributed by atoms with Gasteiger partial charge in [-0.2, -0.15) is 0 Å². The fourth-order valence-corrected chi connectivity index (χ4v) is 1.65. The number of benzene rings is 1. The smallest absolute Gasteiger partial charge is 0.278 e. The molecule has 2 nitrogen and oxygen atoms in total. The highest BCUT2D eigenvalue weighted by Crippen LogP contribution is 2.31. The topological polar surface area (TPSA) is 18.5 Å². The molecule has 0 aromatic heterocycles. The molecule has 0 bridgehead atoms. The van der Waals surface area contributed by atoms with Crippen LogP contribution in [0.3, 0.4) is 0 Å². The van der Waals surface area contributed by atoms with Crippen molar-refractivity contribution in [3.63, 3.8) is 0 Å². The summed E-state index contributed by atoms with van der Waals surface area (Å²) in [6.07, 6.45) is -1.29. The molecule has 1 unspecified atom stereocenters. The quantitative estimate of drug-likeness (QED) is 0.788. The van der Waals surface area contributed by atoms with E-state index in [-0.39, 0.29) is 19.6 Å². The van der Waals surface area contributed by atoms with E-state index < -0.39 is 12.0 Å². The van der Waals surface area contributed by atoms with Crippen LogP contribution in [0.25, 0.3) is 0 Å². The zero-order chi connectivity index (χ0) is 11.4. The largest absolute Gasteiger partial charge is 0.374 e. The SMILES string of the molecule is FC1(F)CCOC1COCc1ccccc1. The van der Waals surface area contributed by atoms with E-state index in [0.717, 1.165) is 5.56 Å². The van der Waals surface area contributed by atoms with Gasteiger partial charge in [0.1, 0.15) is 6.10 Å². The first-order chi connectivity index (χ1) is 7.68. The number of halogens is 2. The van der Waals surface area contributed by atoms with Crippen LogP contribution in [0.15, 0.2) is 30.3 Å². The van der Waals surface area contributed by atoms with Crippen LogP contribution in [0.5, 0.6) is 0 Å². The van der Waals surface area contributed by atoms with Gasteiger partial charge >= 0.3 is 0 Å². The second-order valence-corrected chi connectivity index (χ2v) is 3.87. The maximum absolute atomic E-state index is 13.1. The molecule has 0 N–H and O–H groups in total. The van der Waals surface area contributed by atoms with E-state index in [4.69, 9.17) is 9.47 Å². The van der Waals surface area contributed by atoms with Crippen LogP contribution in [0.2, 0.25) is 0 Å². The van der Waals surface area contributed by atoms with Gasteiger partial charge in [-0.05, 0) is 5.56 Å². The van der Waals surface area contributed by atoms with E-state index in [0.29, 0.717) is 6.61 Å². The summed E-state index contributed by atoms with van der Waals surface area (Å²) in [6, 6.07) is 9.47. The van der Waals surface area contributed by atoms with Gasteiger partial charge in [0.2, 0.25) is 0 Å². The van der Waals surface area contributed by atoms with Crippen molar-refractivity contribution < 1.29 is 18.3 Å². The highest BCUT2D eigenvalue weighted by Gasteiger charge is 2.45. The van der Waals surface area contributed by atoms with Crippen molar-refractivity contribution in [2.24, 2.45) is 0 Å². The van der Waals surface area contributed by atoms with Gasteiger partial charge in [0.05, 0.1) is 19.8 Å². The molecule has 1 aliphatic heterocycles. The van der Waals surface area contributed by atoms with Gasteiger partial charge in [-0.25, -0.2) is 8.78 Å². The molecule has 1 aromatic rings. The summed E-state index contributed by atoms with van der Waals surface area (Å²) >= 11 is 0. The standard InChI is InChI=1S/C12H14F2O2/c13-12(14)6-7-16-11(12)9-15-8-10-4-2-1-3-5-10/h1-5,11H,6-9H2. The third-order valence-corrected chi connectivity index (χ3v) is 2.61. The molecule has 4 heteroatoms. The van der Waals surface area contributed by atoms with Crippen molar-refractivity contribution in [3.8, 4) is 0 Å². The highest BCUT2D eigenvalue weighted by atomic mass is 19.3. The molecule has 0 aliphatic carbocycles. The van der Waals surface area contributed by atoms with Gasteiger partial charge in [0.15, 0.2) is 0 Å².